The van der Waals surface area contributed by atoms with Gasteiger partial charge < -0.3 is 10.2 Å². The van der Waals surface area contributed by atoms with E-state index in [-0.39, 0.29) is 29.2 Å². The van der Waals surface area contributed by atoms with Crippen molar-refractivity contribution in [3.63, 3.8) is 0 Å². The van der Waals surface area contributed by atoms with Gasteiger partial charge in [-0.1, -0.05) is 61.0 Å². The Balaban J connectivity index is 2.12. The number of nitrogens with zero attached hydrogens (tertiary/aromatic N) is 3. The summed E-state index contributed by atoms with van der Waals surface area (Å²) in [5, 5.41) is 14.8. The standard InChI is InChI=1S/C29H33ClN4O6S/c1-5-26(28(36)31-29(2,3)4)32(19-21-12-9-10-17-25(21)30)27(35)20-33(22-13-11-14-23(18-22)34(37)38)41(39,40)24-15-7-6-8-16-24/h6-18,26H,5,19-20H2,1-4H3,(H,31,36). The molecule has 3 aromatic rings. The van der Waals surface area contributed by atoms with Gasteiger partial charge >= 0.3 is 0 Å². The number of rotatable bonds is 11. The fourth-order valence-electron chi connectivity index (χ4n) is 4.19. The zero-order valence-electron chi connectivity index (χ0n) is 23.3. The molecule has 10 nitrogen and oxygen atoms in total. The summed E-state index contributed by atoms with van der Waals surface area (Å²) < 4.78 is 28.5. The van der Waals surface area contributed by atoms with Crippen LogP contribution in [0.25, 0.3) is 0 Å². The molecular formula is C29H33ClN4O6S. The van der Waals surface area contributed by atoms with E-state index in [1.54, 1.807) is 37.3 Å². The summed E-state index contributed by atoms with van der Waals surface area (Å²) >= 11 is 6.40. The summed E-state index contributed by atoms with van der Waals surface area (Å²) in [5.74, 6) is -1.10. The molecule has 0 saturated heterocycles. The Kier molecular flexibility index (Phi) is 10.1. The number of sulfonamides is 1. The Morgan fingerprint density at radius 3 is 2.22 bits per heavy atom. The monoisotopic (exact) mass is 600 g/mol. The maximum atomic E-state index is 14.1. The molecule has 1 unspecified atom stereocenters. The first-order valence-electron chi connectivity index (χ1n) is 12.9. The van der Waals surface area contributed by atoms with Crippen LogP contribution in [-0.4, -0.2) is 48.2 Å². The maximum absolute atomic E-state index is 14.1. The van der Waals surface area contributed by atoms with Crippen molar-refractivity contribution in [2.24, 2.45) is 0 Å². The van der Waals surface area contributed by atoms with E-state index in [2.05, 4.69) is 5.32 Å². The summed E-state index contributed by atoms with van der Waals surface area (Å²) in [4.78, 5) is 39.5. The fraction of sp³-hybridized carbons (Fsp3) is 0.310. The van der Waals surface area contributed by atoms with Gasteiger partial charge in [0, 0.05) is 29.2 Å². The molecule has 1 N–H and O–H groups in total. The highest BCUT2D eigenvalue weighted by Crippen LogP contribution is 2.28. The summed E-state index contributed by atoms with van der Waals surface area (Å²) in [5.41, 5.74) is -0.430. The van der Waals surface area contributed by atoms with Crippen LogP contribution in [0.2, 0.25) is 5.02 Å². The van der Waals surface area contributed by atoms with Crippen molar-refractivity contribution in [2.45, 2.75) is 57.1 Å². The third-order valence-corrected chi connectivity index (χ3v) is 8.28. The second-order valence-electron chi connectivity index (χ2n) is 10.4. The Bertz CT molecular complexity index is 1510. The lowest BCUT2D eigenvalue weighted by Gasteiger charge is -2.35. The number of nitro groups is 1. The van der Waals surface area contributed by atoms with E-state index in [0.29, 0.717) is 10.6 Å². The van der Waals surface area contributed by atoms with Gasteiger partial charge in [-0.05, 0) is 57.0 Å². The van der Waals surface area contributed by atoms with Crippen molar-refractivity contribution in [1.82, 2.24) is 10.2 Å². The van der Waals surface area contributed by atoms with Crippen molar-refractivity contribution >= 4 is 44.8 Å². The van der Waals surface area contributed by atoms with Gasteiger partial charge in [-0.15, -0.1) is 0 Å². The van der Waals surface area contributed by atoms with Gasteiger partial charge in [0.15, 0.2) is 0 Å². The molecule has 0 spiro atoms. The molecular weight excluding hydrogens is 568 g/mol. The lowest BCUT2D eigenvalue weighted by atomic mass is 10.1. The van der Waals surface area contributed by atoms with Gasteiger partial charge in [0.25, 0.3) is 15.7 Å². The highest BCUT2D eigenvalue weighted by Gasteiger charge is 2.35. The van der Waals surface area contributed by atoms with Gasteiger partial charge in [0.05, 0.1) is 15.5 Å². The van der Waals surface area contributed by atoms with E-state index in [1.807, 2.05) is 20.8 Å². The van der Waals surface area contributed by atoms with E-state index in [0.717, 1.165) is 10.4 Å². The van der Waals surface area contributed by atoms with Gasteiger partial charge in [0.1, 0.15) is 12.6 Å². The number of hydrogen-bond acceptors (Lipinski definition) is 6. The van der Waals surface area contributed by atoms with E-state index in [1.165, 1.54) is 47.4 Å². The SMILES string of the molecule is CCC(C(=O)NC(C)(C)C)N(Cc1ccccc1Cl)C(=O)CN(c1cccc([N+](=O)[O-])c1)S(=O)(=O)c1ccccc1. The van der Waals surface area contributed by atoms with Gasteiger partial charge in [-0.3, -0.25) is 24.0 Å². The normalized spacial score (nSPS) is 12.3. The third kappa shape index (κ3) is 8.05. The number of amides is 2. The zero-order valence-corrected chi connectivity index (χ0v) is 24.9. The second kappa shape index (κ2) is 13.1. The Morgan fingerprint density at radius 1 is 1.00 bits per heavy atom. The Labute approximate surface area is 245 Å². The summed E-state index contributed by atoms with van der Waals surface area (Å²) in [7, 11) is -4.35. The van der Waals surface area contributed by atoms with Crippen LogP contribution in [0.4, 0.5) is 11.4 Å². The number of carbonyl (C=O) groups excluding carboxylic acids is 2. The van der Waals surface area contributed by atoms with E-state index < -0.39 is 44.9 Å². The lowest BCUT2D eigenvalue weighted by molar-refractivity contribution is -0.384. The van der Waals surface area contributed by atoms with Gasteiger partial charge in [-0.25, -0.2) is 8.42 Å². The number of nitrogens with one attached hydrogen (secondary N) is 1. The molecule has 3 aromatic carbocycles. The first-order valence-corrected chi connectivity index (χ1v) is 14.7. The highest BCUT2D eigenvalue weighted by atomic mass is 35.5. The molecule has 218 valence electrons. The minimum absolute atomic E-state index is 0.0667. The maximum Gasteiger partial charge on any atom is 0.271 e. The Hall–Kier alpha value is -3.96. The predicted molar refractivity (Wildman–Crippen MR) is 158 cm³/mol. The first kappa shape index (κ1) is 31.6. The van der Waals surface area contributed by atoms with E-state index in [9.17, 15) is 28.1 Å². The molecule has 1 atom stereocenters. The minimum atomic E-state index is -4.35. The molecule has 0 bridgehead atoms. The number of anilines is 1. The second-order valence-corrected chi connectivity index (χ2v) is 12.6. The molecule has 41 heavy (non-hydrogen) atoms. The summed E-state index contributed by atoms with van der Waals surface area (Å²) in [6.45, 7) is 6.40. The molecule has 0 saturated carbocycles. The average molecular weight is 601 g/mol. The van der Waals surface area contributed by atoms with Crippen LogP contribution in [0.15, 0.2) is 83.8 Å². The average Bonchev–Trinajstić information content (AvgIpc) is 2.92. The number of halogens is 1. The fourth-order valence-corrected chi connectivity index (χ4v) is 5.82. The molecule has 3 rings (SSSR count). The van der Waals surface area contributed by atoms with Crippen LogP contribution in [0, 0.1) is 10.1 Å². The summed E-state index contributed by atoms with van der Waals surface area (Å²) in [6.07, 6.45) is 0.236. The number of non-ortho nitro benzene ring substituents is 1. The summed E-state index contributed by atoms with van der Waals surface area (Å²) in [6, 6.07) is 18.4. The Morgan fingerprint density at radius 2 is 1.63 bits per heavy atom. The van der Waals surface area contributed by atoms with Crippen molar-refractivity contribution in [1.29, 1.82) is 0 Å². The van der Waals surface area contributed by atoms with Crippen molar-refractivity contribution in [3.8, 4) is 0 Å². The predicted octanol–water partition coefficient (Wildman–Crippen LogP) is 5.17. The van der Waals surface area contributed by atoms with Crippen LogP contribution in [0.1, 0.15) is 39.7 Å². The van der Waals surface area contributed by atoms with Crippen molar-refractivity contribution < 1.29 is 22.9 Å². The van der Waals surface area contributed by atoms with E-state index in [4.69, 9.17) is 11.6 Å². The highest BCUT2D eigenvalue weighted by molar-refractivity contribution is 7.92. The number of benzene rings is 3. The van der Waals surface area contributed by atoms with Crippen LogP contribution in [-0.2, 0) is 26.2 Å². The third-order valence-electron chi connectivity index (χ3n) is 6.12. The number of carbonyl (C=O) groups is 2. The molecule has 0 fully saturated rings. The first-order chi connectivity index (χ1) is 19.2. The molecule has 2 amide bonds. The van der Waals surface area contributed by atoms with Crippen molar-refractivity contribution in [2.75, 3.05) is 10.8 Å². The van der Waals surface area contributed by atoms with Crippen LogP contribution in [0.3, 0.4) is 0 Å². The van der Waals surface area contributed by atoms with Crippen LogP contribution < -0.4 is 9.62 Å². The van der Waals surface area contributed by atoms with E-state index >= 15 is 0 Å². The minimum Gasteiger partial charge on any atom is -0.350 e. The molecule has 0 aliphatic rings. The quantitative estimate of drug-likeness (QED) is 0.239. The molecule has 0 aliphatic carbocycles. The van der Waals surface area contributed by atoms with Crippen molar-refractivity contribution in [3.05, 3.63) is 99.6 Å². The number of hydrogen-bond donors (Lipinski definition) is 1. The molecule has 0 radical (unpaired) electrons. The van der Waals surface area contributed by atoms with Gasteiger partial charge in [-0.2, -0.15) is 0 Å². The number of nitro benzene ring substituents is 1. The zero-order chi connectivity index (χ0) is 30.4. The topological polar surface area (TPSA) is 130 Å². The van der Waals surface area contributed by atoms with Crippen LogP contribution in [0.5, 0.6) is 0 Å². The molecule has 0 aliphatic heterocycles. The molecule has 0 aromatic heterocycles. The van der Waals surface area contributed by atoms with Crippen LogP contribution >= 0.6 is 11.6 Å². The van der Waals surface area contributed by atoms with Gasteiger partial charge in [0.2, 0.25) is 11.8 Å². The molecule has 0 heterocycles. The largest absolute Gasteiger partial charge is 0.350 e. The smallest absolute Gasteiger partial charge is 0.271 e. The molecule has 12 heteroatoms. The lowest BCUT2D eigenvalue weighted by Crippen LogP contribution is -2.55.